The number of nitrogens with zero attached hydrogens (tertiary/aromatic N) is 1. The smallest absolute Gasteiger partial charge is 0.268 e. The number of sulfonamides is 1. The summed E-state index contributed by atoms with van der Waals surface area (Å²) in [5.41, 5.74) is 1.82. The number of halogens is 2. The lowest BCUT2D eigenvalue weighted by Crippen LogP contribution is -2.35. The number of hydrogen-bond acceptors (Lipinski definition) is 3. The van der Waals surface area contributed by atoms with Crippen LogP contribution in [0.3, 0.4) is 0 Å². The van der Waals surface area contributed by atoms with Gasteiger partial charge in [0.05, 0.1) is 20.6 Å². The van der Waals surface area contributed by atoms with Gasteiger partial charge in [0, 0.05) is 6.08 Å². The van der Waals surface area contributed by atoms with Gasteiger partial charge in [-0.15, -0.1) is 0 Å². The second kappa shape index (κ2) is 8.82. The first-order chi connectivity index (χ1) is 13.8. The van der Waals surface area contributed by atoms with Crippen molar-refractivity contribution in [3.05, 3.63) is 100 Å². The third kappa shape index (κ3) is 4.88. The van der Waals surface area contributed by atoms with E-state index in [0.29, 0.717) is 15.6 Å². The van der Waals surface area contributed by atoms with Crippen molar-refractivity contribution in [2.24, 2.45) is 0 Å². The largest absolute Gasteiger partial charge is 0.271 e. The van der Waals surface area contributed by atoms with Crippen LogP contribution >= 0.6 is 23.2 Å². The van der Waals surface area contributed by atoms with Gasteiger partial charge >= 0.3 is 0 Å². The van der Waals surface area contributed by atoms with Crippen molar-refractivity contribution in [1.29, 1.82) is 0 Å². The fraction of sp³-hybridized carbons (Fsp3) is 0.0455. The molecule has 0 aliphatic rings. The van der Waals surface area contributed by atoms with Crippen molar-refractivity contribution in [1.82, 2.24) is 0 Å². The molecule has 0 heterocycles. The number of benzene rings is 3. The summed E-state index contributed by atoms with van der Waals surface area (Å²) in [4.78, 5) is 13.0. The molecule has 3 aromatic rings. The summed E-state index contributed by atoms with van der Waals surface area (Å²) in [5, 5.41) is 0.733. The highest BCUT2D eigenvalue weighted by Crippen LogP contribution is 2.26. The van der Waals surface area contributed by atoms with Crippen LogP contribution in [0.15, 0.2) is 83.8 Å². The zero-order chi connectivity index (χ0) is 21.0. The van der Waals surface area contributed by atoms with Gasteiger partial charge in [0.15, 0.2) is 0 Å². The number of anilines is 1. The Kier molecular flexibility index (Phi) is 6.42. The third-order valence-electron chi connectivity index (χ3n) is 4.11. The van der Waals surface area contributed by atoms with Crippen LogP contribution in [0.5, 0.6) is 0 Å². The van der Waals surface area contributed by atoms with Gasteiger partial charge in [0.25, 0.3) is 15.9 Å². The van der Waals surface area contributed by atoms with Crippen LogP contribution < -0.4 is 4.31 Å². The lowest BCUT2D eigenvalue weighted by atomic mass is 10.2. The van der Waals surface area contributed by atoms with Gasteiger partial charge in [0.2, 0.25) is 0 Å². The normalized spacial score (nSPS) is 11.6. The fourth-order valence-electron chi connectivity index (χ4n) is 2.61. The minimum Gasteiger partial charge on any atom is -0.268 e. The average Bonchev–Trinajstić information content (AvgIpc) is 2.71. The van der Waals surface area contributed by atoms with Gasteiger partial charge in [-0.05, 0) is 55.0 Å². The van der Waals surface area contributed by atoms with E-state index in [1.54, 1.807) is 60.7 Å². The molecule has 0 bridgehead atoms. The number of carbonyl (C=O) groups is 1. The Morgan fingerprint density at radius 2 is 1.55 bits per heavy atom. The van der Waals surface area contributed by atoms with Gasteiger partial charge in [0.1, 0.15) is 0 Å². The summed E-state index contributed by atoms with van der Waals surface area (Å²) in [6.07, 6.45) is 2.69. The van der Waals surface area contributed by atoms with Crippen molar-refractivity contribution >= 4 is 50.9 Å². The predicted molar refractivity (Wildman–Crippen MR) is 118 cm³/mol. The van der Waals surface area contributed by atoms with Crippen LogP contribution in [0, 0.1) is 6.92 Å². The molecule has 0 radical (unpaired) electrons. The molecule has 3 rings (SSSR count). The summed E-state index contributed by atoms with van der Waals surface area (Å²) in [6.45, 7) is 1.88. The summed E-state index contributed by atoms with van der Waals surface area (Å²) in [6, 6.07) is 19.4. The SMILES string of the molecule is Cc1ccc(N(C(=O)/C=C/c2ccc(Cl)c(Cl)c2)S(=O)(=O)c2ccccc2)cc1. The molecule has 0 spiro atoms. The number of amides is 1. The van der Waals surface area contributed by atoms with Crippen LogP contribution in [-0.4, -0.2) is 14.3 Å². The quantitative estimate of drug-likeness (QED) is 0.470. The molecule has 0 saturated carbocycles. The monoisotopic (exact) mass is 445 g/mol. The highest BCUT2D eigenvalue weighted by Gasteiger charge is 2.29. The van der Waals surface area contributed by atoms with E-state index >= 15 is 0 Å². The molecule has 4 nitrogen and oxygen atoms in total. The van der Waals surface area contributed by atoms with Crippen molar-refractivity contribution in [3.8, 4) is 0 Å². The average molecular weight is 446 g/mol. The van der Waals surface area contributed by atoms with Crippen molar-refractivity contribution in [3.63, 3.8) is 0 Å². The van der Waals surface area contributed by atoms with Crippen LogP contribution in [0.4, 0.5) is 5.69 Å². The highest BCUT2D eigenvalue weighted by molar-refractivity contribution is 7.93. The first-order valence-electron chi connectivity index (χ1n) is 8.63. The van der Waals surface area contributed by atoms with E-state index in [9.17, 15) is 13.2 Å². The van der Waals surface area contributed by atoms with Gasteiger partial charge in [-0.2, -0.15) is 4.31 Å². The Balaban J connectivity index is 2.03. The van der Waals surface area contributed by atoms with E-state index in [1.807, 2.05) is 6.92 Å². The number of carbonyl (C=O) groups excluding carboxylic acids is 1. The highest BCUT2D eigenvalue weighted by atomic mass is 35.5. The molecule has 29 heavy (non-hydrogen) atoms. The van der Waals surface area contributed by atoms with Crippen LogP contribution in [0.1, 0.15) is 11.1 Å². The van der Waals surface area contributed by atoms with Crippen LogP contribution in [-0.2, 0) is 14.8 Å². The Bertz CT molecular complexity index is 1160. The van der Waals surface area contributed by atoms with E-state index < -0.39 is 15.9 Å². The molecular weight excluding hydrogens is 429 g/mol. The molecule has 148 valence electrons. The Morgan fingerprint density at radius 1 is 0.897 bits per heavy atom. The molecule has 0 fully saturated rings. The molecule has 0 aromatic heterocycles. The maximum absolute atomic E-state index is 13.2. The zero-order valence-corrected chi connectivity index (χ0v) is 17.7. The molecule has 0 saturated heterocycles. The molecule has 7 heteroatoms. The first-order valence-corrected chi connectivity index (χ1v) is 10.8. The molecule has 0 N–H and O–H groups in total. The minimum atomic E-state index is -4.10. The summed E-state index contributed by atoms with van der Waals surface area (Å²) in [5.74, 6) is -0.705. The lowest BCUT2D eigenvalue weighted by Gasteiger charge is -2.21. The van der Waals surface area contributed by atoms with Gasteiger partial charge in [-0.3, -0.25) is 4.79 Å². The number of rotatable bonds is 5. The van der Waals surface area contributed by atoms with Crippen molar-refractivity contribution in [2.45, 2.75) is 11.8 Å². The molecule has 0 atom stereocenters. The molecule has 0 unspecified atom stereocenters. The molecule has 1 amide bonds. The molecule has 0 aliphatic heterocycles. The topological polar surface area (TPSA) is 54.5 Å². The summed E-state index contributed by atoms with van der Waals surface area (Å²) < 4.78 is 27.2. The molecule has 3 aromatic carbocycles. The van der Waals surface area contributed by atoms with Crippen molar-refractivity contribution in [2.75, 3.05) is 4.31 Å². The van der Waals surface area contributed by atoms with Crippen molar-refractivity contribution < 1.29 is 13.2 Å². The van der Waals surface area contributed by atoms with E-state index in [1.165, 1.54) is 24.3 Å². The molecular formula is C22H17Cl2NO3S. The van der Waals surface area contributed by atoms with E-state index in [-0.39, 0.29) is 10.6 Å². The van der Waals surface area contributed by atoms with Crippen LogP contribution in [0.25, 0.3) is 6.08 Å². The van der Waals surface area contributed by atoms with E-state index in [4.69, 9.17) is 23.2 Å². The zero-order valence-electron chi connectivity index (χ0n) is 15.4. The Morgan fingerprint density at radius 3 is 2.17 bits per heavy atom. The van der Waals surface area contributed by atoms with Gasteiger partial charge in [-0.25, -0.2) is 8.42 Å². The maximum atomic E-state index is 13.2. The number of hydrogen-bond donors (Lipinski definition) is 0. The lowest BCUT2D eigenvalue weighted by molar-refractivity contribution is -0.113. The summed E-state index contributed by atoms with van der Waals surface area (Å²) >= 11 is 11.9. The van der Waals surface area contributed by atoms with Gasteiger partial charge in [-0.1, -0.05) is 65.2 Å². The maximum Gasteiger partial charge on any atom is 0.271 e. The second-order valence-corrected chi connectivity index (χ2v) is 8.86. The fourth-order valence-corrected chi connectivity index (χ4v) is 4.33. The third-order valence-corrected chi connectivity index (χ3v) is 6.59. The number of aryl methyl sites for hydroxylation is 1. The Hall–Kier alpha value is -2.60. The van der Waals surface area contributed by atoms with E-state index in [2.05, 4.69) is 0 Å². The standard InChI is InChI=1S/C22H17Cl2NO3S/c1-16-7-11-18(12-8-16)25(29(27,28)19-5-3-2-4-6-19)22(26)14-10-17-9-13-20(23)21(24)15-17/h2-15H,1H3/b14-10+. The van der Waals surface area contributed by atoms with Gasteiger partial charge < -0.3 is 0 Å². The predicted octanol–water partition coefficient (Wildman–Crippen LogP) is 5.74. The second-order valence-electron chi connectivity index (χ2n) is 6.26. The molecule has 0 aliphatic carbocycles. The summed E-state index contributed by atoms with van der Waals surface area (Å²) in [7, 11) is -4.10. The minimum absolute atomic E-state index is 0.0249. The first kappa shape index (κ1) is 21.1. The Labute approximate surface area is 180 Å². The van der Waals surface area contributed by atoms with E-state index in [0.717, 1.165) is 9.87 Å². The van der Waals surface area contributed by atoms with Crippen LogP contribution in [0.2, 0.25) is 10.0 Å².